The molecule has 0 bridgehead atoms. The Balaban J connectivity index is 2.96. The Labute approximate surface area is 103 Å². The molecule has 1 aromatic rings. The van der Waals surface area contributed by atoms with Gasteiger partial charge in [0.15, 0.2) is 11.5 Å². The molecule has 96 valence electrons. The molecule has 0 amide bonds. The number of hydrazine groups is 1. The lowest BCUT2D eigenvalue weighted by atomic mass is 10.0. The van der Waals surface area contributed by atoms with Crippen LogP contribution in [-0.2, 0) is 0 Å². The molecule has 1 N–H and O–H groups in total. The molecular formula is C13H22N2O2. The zero-order valence-corrected chi connectivity index (χ0v) is 11.3. The van der Waals surface area contributed by atoms with Gasteiger partial charge in [0.2, 0.25) is 0 Å². The highest BCUT2D eigenvalue weighted by Gasteiger charge is 2.12. The maximum absolute atomic E-state index is 5.31. The second-order valence-corrected chi connectivity index (χ2v) is 4.10. The van der Waals surface area contributed by atoms with E-state index < -0.39 is 0 Å². The molecule has 0 fully saturated rings. The first kappa shape index (κ1) is 13.8. The monoisotopic (exact) mass is 238 g/mol. The maximum Gasteiger partial charge on any atom is 0.161 e. The van der Waals surface area contributed by atoms with Crippen molar-refractivity contribution in [3.8, 4) is 11.5 Å². The van der Waals surface area contributed by atoms with Gasteiger partial charge in [0.25, 0.3) is 0 Å². The summed E-state index contributed by atoms with van der Waals surface area (Å²) in [4.78, 5) is 0. The van der Waals surface area contributed by atoms with Crippen LogP contribution in [0.15, 0.2) is 18.2 Å². The molecule has 0 aliphatic rings. The lowest BCUT2D eigenvalue weighted by Crippen LogP contribution is -2.33. The summed E-state index contributed by atoms with van der Waals surface area (Å²) in [6.07, 6.45) is 1.01. The fourth-order valence-electron chi connectivity index (χ4n) is 1.78. The van der Waals surface area contributed by atoms with Crippen LogP contribution in [0.5, 0.6) is 11.5 Å². The minimum atomic E-state index is 0.282. The molecule has 4 nitrogen and oxygen atoms in total. The van der Waals surface area contributed by atoms with Crippen LogP contribution >= 0.6 is 0 Å². The normalized spacial score (nSPS) is 12.6. The van der Waals surface area contributed by atoms with Crippen molar-refractivity contribution >= 4 is 0 Å². The van der Waals surface area contributed by atoms with Crippen molar-refractivity contribution in [2.24, 2.45) is 0 Å². The van der Waals surface area contributed by atoms with E-state index in [1.165, 1.54) is 5.56 Å². The highest BCUT2D eigenvalue weighted by atomic mass is 16.5. The van der Waals surface area contributed by atoms with Crippen LogP contribution in [0.1, 0.15) is 24.9 Å². The number of nitrogens with one attached hydrogen (secondary N) is 1. The van der Waals surface area contributed by atoms with Gasteiger partial charge < -0.3 is 9.47 Å². The number of hydrogen-bond donors (Lipinski definition) is 1. The van der Waals surface area contributed by atoms with Crippen LogP contribution in [0.25, 0.3) is 0 Å². The second kappa shape index (κ2) is 6.47. The first-order valence-electron chi connectivity index (χ1n) is 5.77. The number of benzene rings is 1. The second-order valence-electron chi connectivity index (χ2n) is 4.10. The summed E-state index contributed by atoms with van der Waals surface area (Å²) in [5, 5.41) is 1.96. The minimum absolute atomic E-state index is 0.282. The Kier molecular flexibility index (Phi) is 5.25. The number of hydrogen-bond acceptors (Lipinski definition) is 4. The summed E-state index contributed by atoms with van der Waals surface area (Å²) < 4.78 is 10.5. The van der Waals surface area contributed by atoms with Crippen molar-refractivity contribution in [3.05, 3.63) is 23.8 Å². The molecule has 0 saturated heterocycles. The predicted molar refractivity (Wildman–Crippen MR) is 69.4 cm³/mol. The third-order valence-corrected chi connectivity index (χ3v) is 2.63. The summed E-state index contributed by atoms with van der Waals surface area (Å²) in [5.41, 5.74) is 4.56. The largest absolute Gasteiger partial charge is 0.493 e. The summed E-state index contributed by atoms with van der Waals surface area (Å²) >= 11 is 0. The number of methoxy groups -OCH3 is 2. The Morgan fingerprint density at radius 2 is 1.82 bits per heavy atom. The van der Waals surface area contributed by atoms with Gasteiger partial charge >= 0.3 is 0 Å². The fourth-order valence-corrected chi connectivity index (χ4v) is 1.78. The molecule has 0 spiro atoms. The van der Waals surface area contributed by atoms with Crippen molar-refractivity contribution < 1.29 is 9.47 Å². The highest BCUT2D eigenvalue weighted by Crippen LogP contribution is 2.30. The average molecular weight is 238 g/mol. The third-order valence-electron chi connectivity index (χ3n) is 2.63. The quantitative estimate of drug-likeness (QED) is 0.771. The van der Waals surface area contributed by atoms with E-state index in [0.717, 1.165) is 17.9 Å². The number of rotatable bonds is 6. The van der Waals surface area contributed by atoms with E-state index >= 15 is 0 Å². The average Bonchev–Trinajstić information content (AvgIpc) is 2.34. The standard InChI is InChI=1S/C13H22N2O2/c1-6-11(14-15(2)3)10-7-8-12(16-4)13(9-10)17-5/h7-9,11,14H,6H2,1-5H3. The Morgan fingerprint density at radius 1 is 1.18 bits per heavy atom. The summed E-state index contributed by atoms with van der Waals surface area (Å²) in [6.45, 7) is 2.15. The highest BCUT2D eigenvalue weighted by molar-refractivity contribution is 5.43. The van der Waals surface area contributed by atoms with E-state index in [2.05, 4.69) is 18.4 Å². The number of nitrogens with zero attached hydrogens (tertiary/aromatic N) is 1. The molecule has 4 heteroatoms. The summed E-state index contributed by atoms with van der Waals surface area (Å²) in [6, 6.07) is 6.30. The molecule has 0 saturated carbocycles. The van der Waals surface area contributed by atoms with Crippen molar-refractivity contribution in [1.82, 2.24) is 10.4 Å². The SMILES string of the molecule is CCC(NN(C)C)c1ccc(OC)c(OC)c1. The van der Waals surface area contributed by atoms with Crippen molar-refractivity contribution in [2.75, 3.05) is 28.3 Å². The zero-order valence-electron chi connectivity index (χ0n) is 11.3. The lowest BCUT2D eigenvalue weighted by Gasteiger charge is -2.23. The van der Waals surface area contributed by atoms with Crippen LogP contribution in [0.3, 0.4) is 0 Å². The van der Waals surface area contributed by atoms with E-state index in [4.69, 9.17) is 9.47 Å². The van der Waals surface area contributed by atoms with Crippen LogP contribution in [0.4, 0.5) is 0 Å². The van der Waals surface area contributed by atoms with E-state index in [1.807, 2.05) is 31.2 Å². The molecule has 0 aliphatic heterocycles. The molecule has 17 heavy (non-hydrogen) atoms. The molecular weight excluding hydrogens is 216 g/mol. The lowest BCUT2D eigenvalue weighted by molar-refractivity contribution is 0.238. The molecule has 1 aromatic carbocycles. The van der Waals surface area contributed by atoms with Gasteiger partial charge in [-0.1, -0.05) is 13.0 Å². The molecule has 1 atom stereocenters. The fraction of sp³-hybridized carbons (Fsp3) is 0.538. The van der Waals surface area contributed by atoms with Crippen LogP contribution in [0, 0.1) is 0 Å². The Bertz CT molecular complexity index is 353. The van der Waals surface area contributed by atoms with Gasteiger partial charge in [0.05, 0.1) is 14.2 Å². The summed E-state index contributed by atoms with van der Waals surface area (Å²) in [5.74, 6) is 1.53. The first-order chi connectivity index (χ1) is 8.12. The molecule has 0 aliphatic carbocycles. The van der Waals surface area contributed by atoms with Crippen molar-refractivity contribution in [1.29, 1.82) is 0 Å². The molecule has 0 radical (unpaired) electrons. The third kappa shape index (κ3) is 3.61. The van der Waals surface area contributed by atoms with Crippen molar-refractivity contribution in [3.63, 3.8) is 0 Å². The van der Waals surface area contributed by atoms with Gasteiger partial charge in [-0.15, -0.1) is 0 Å². The first-order valence-corrected chi connectivity index (χ1v) is 5.77. The molecule has 0 aromatic heterocycles. The number of ether oxygens (including phenoxy) is 2. The smallest absolute Gasteiger partial charge is 0.161 e. The van der Waals surface area contributed by atoms with E-state index in [-0.39, 0.29) is 6.04 Å². The molecule has 0 heterocycles. The van der Waals surface area contributed by atoms with Gasteiger partial charge in [0, 0.05) is 20.1 Å². The van der Waals surface area contributed by atoms with E-state index in [0.29, 0.717) is 0 Å². The van der Waals surface area contributed by atoms with Crippen LogP contribution in [0.2, 0.25) is 0 Å². The zero-order chi connectivity index (χ0) is 12.8. The maximum atomic E-state index is 5.31. The topological polar surface area (TPSA) is 33.7 Å². The molecule has 1 unspecified atom stereocenters. The van der Waals surface area contributed by atoms with Gasteiger partial charge in [-0.05, 0) is 24.1 Å². The van der Waals surface area contributed by atoms with Gasteiger partial charge in [-0.3, -0.25) is 5.01 Å². The van der Waals surface area contributed by atoms with Gasteiger partial charge in [0.1, 0.15) is 0 Å². The predicted octanol–water partition coefficient (Wildman–Crippen LogP) is 2.22. The molecule has 1 rings (SSSR count). The Morgan fingerprint density at radius 3 is 2.29 bits per heavy atom. The van der Waals surface area contributed by atoms with Gasteiger partial charge in [-0.25, -0.2) is 5.43 Å². The minimum Gasteiger partial charge on any atom is -0.493 e. The van der Waals surface area contributed by atoms with Gasteiger partial charge in [-0.2, -0.15) is 0 Å². The van der Waals surface area contributed by atoms with Crippen LogP contribution in [-0.4, -0.2) is 33.3 Å². The van der Waals surface area contributed by atoms with Crippen LogP contribution < -0.4 is 14.9 Å². The summed E-state index contributed by atoms with van der Waals surface area (Å²) in [7, 11) is 7.28. The van der Waals surface area contributed by atoms with E-state index in [1.54, 1.807) is 14.2 Å². The Hall–Kier alpha value is -1.26. The van der Waals surface area contributed by atoms with Crippen molar-refractivity contribution in [2.45, 2.75) is 19.4 Å². The van der Waals surface area contributed by atoms with E-state index in [9.17, 15) is 0 Å².